The largest absolute Gasteiger partial charge is 0.410 e. The van der Waals surface area contributed by atoms with Gasteiger partial charge in [0.2, 0.25) is 0 Å². The normalized spacial score (nSPS) is 9.18. The average molecular weight is 150 g/mol. The van der Waals surface area contributed by atoms with Crippen LogP contribution in [0.2, 0.25) is 0 Å². The average Bonchev–Trinajstić information content (AvgIpc) is 1.85. The molecule has 3 heteroatoms. The fourth-order valence-electron chi connectivity index (χ4n) is 0.725. The van der Waals surface area contributed by atoms with E-state index in [4.69, 9.17) is 5.73 Å². The van der Waals surface area contributed by atoms with Gasteiger partial charge in [-0.2, -0.15) is 0 Å². The number of primary amides is 1. The number of amides is 1. The van der Waals surface area contributed by atoms with E-state index < -0.39 is 6.09 Å². The molecule has 1 radical (unpaired) electrons. The molecule has 0 aliphatic rings. The monoisotopic (exact) mass is 150 g/mol. The Labute approximate surface area is 64.8 Å². The minimum Gasteiger partial charge on any atom is -0.410 e. The molecule has 0 aromatic heterocycles. The first-order valence-electron chi connectivity index (χ1n) is 3.08. The van der Waals surface area contributed by atoms with Crippen LogP contribution >= 0.6 is 0 Å². The van der Waals surface area contributed by atoms with E-state index in [1.807, 2.05) is 0 Å². The van der Waals surface area contributed by atoms with Crippen LogP contribution in [0.15, 0.2) is 24.3 Å². The molecule has 1 rings (SSSR count). The highest BCUT2D eigenvalue weighted by molar-refractivity contribution is 5.68. The van der Waals surface area contributed by atoms with Gasteiger partial charge in [0.05, 0.1) is 0 Å². The summed E-state index contributed by atoms with van der Waals surface area (Å²) in [6, 6.07) is 6.80. The number of ether oxygens (including phenoxy) is 1. The Morgan fingerprint density at radius 3 is 2.82 bits per heavy atom. The fourth-order valence-corrected chi connectivity index (χ4v) is 0.725. The smallest absolute Gasteiger partial charge is 0.409 e. The van der Waals surface area contributed by atoms with Crippen molar-refractivity contribution < 1.29 is 9.53 Å². The van der Waals surface area contributed by atoms with Crippen LogP contribution in [-0.4, -0.2) is 6.09 Å². The van der Waals surface area contributed by atoms with E-state index in [2.05, 4.69) is 11.7 Å². The third-order valence-corrected chi connectivity index (χ3v) is 1.12. The van der Waals surface area contributed by atoms with Gasteiger partial charge in [-0.25, -0.2) is 4.79 Å². The van der Waals surface area contributed by atoms with Gasteiger partial charge in [0.1, 0.15) is 5.75 Å². The molecule has 11 heavy (non-hydrogen) atoms. The molecule has 0 aliphatic carbocycles. The topological polar surface area (TPSA) is 52.3 Å². The summed E-state index contributed by atoms with van der Waals surface area (Å²) in [6.45, 7) is 3.66. The van der Waals surface area contributed by atoms with E-state index in [-0.39, 0.29) is 0 Å². The van der Waals surface area contributed by atoms with Crippen LogP contribution < -0.4 is 10.5 Å². The molecule has 1 aromatic rings. The zero-order chi connectivity index (χ0) is 8.27. The van der Waals surface area contributed by atoms with Crippen LogP contribution in [0, 0.1) is 6.92 Å². The summed E-state index contributed by atoms with van der Waals surface area (Å²) in [5, 5.41) is 0. The van der Waals surface area contributed by atoms with Gasteiger partial charge >= 0.3 is 6.09 Å². The predicted octanol–water partition coefficient (Wildman–Crippen LogP) is 1.33. The Balaban J connectivity index is 2.79. The standard InChI is InChI=1S/C8H8NO2/c1-6-3-2-4-7(5-6)11-8(9)10/h2-5H,1H2,(H2,9,10). The highest BCUT2D eigenvalue weighted by Gasteiger charge is 1.96. The predicted molar refractivity (Wildman–Crippen MR) is 41.1 cm³/mol. The van der Waals surface area contributed by atoms with Crippen LogP contribution in [0.4, 0.5) is 4.79 Å². The van der Waals surface area contributed by atoms with Gasteiger partial charge in [0, 0.05) is 0 Å². The molecular formula is C8H8NO2. The lowest BCUT2D eigenvalue weighted by molar-refractivity contribution is 0.211. The van der Waals surface area contributed by atoms with Crippen molar-refractivity contribution in [1.29, 1.82) is 0 Å². The van der Waals surface area contributed by atoms with Crippen molar-refractivity contribution in [3.63, 3.8) is 0 Å². The second-order valence-corrected chi connectivity index (χ2v) is 2.07. The maximum atomic E-state index is 10.3. The van der Waals surface area contributed by atoms with E-state index >= 15 is 0 Å². The molecule has 1 aromatic carbocycles. The van der Waals surface area contributed by atoms with Gasteiger partial charge in [-0.1, -0.05) is 12.1 Å². The van der Waals surface area contributed by atoms with Crippen molar-refractivity contribution in [3.8, 4) is 5.75 Å². The Kier molecular flexibility index (Phi) is 2.11. The summed E-state index contributed by atoms with van der Waals surface area (Å²) in [5.41, 5.74) is 5.57. The summed E-state index contributed by atoms with van der Waals surface area (Å²) < 4.78 is 4.59. The van der Waals surface area contributed by atoms with E-state index in [0.717, 1.165) is 5.56 Å². The molecule has 0 heterocycles. The second kappa shape index (κ2) is 3.05. The summed E-state index contributed by atoms with van der Waals surface area (Å²) in [6.07, 6.45) is -0.810. The molecule has 0 bridgehead atoms. The molecule has 1 amide bonds. The summed E-state index contributed by atoms with van der Waals surface area (Å²) >= 11 is 0. The Bertz CT molecular complexity index is 271. The number of hydrogen-bond donors (Lipinski definition) is 1. The van der Waals surface area contributed by atoms with Crippen molar-refractivity contribution in [3.05, 3.63) is 36.8 Å². The van der Waals surface area contributed by atoms with Gasteiger partial charge in [-0.05, 0) is 24.6 Å². The molecule has 0 saturated heterocycles. The summed E-state index contributed by atoms with van der Waals surface area (Å²) in [7, 11) is 0. The molecule has 2 N–H and O–H groups in total. The van der Waals surface area contributed by atoms with Crippen molar-refractivity contribution in [2.24, 2.45) is 5.73 Å². The Hall–Kier alpha value is -1.51. The van der Waals surface area contributed by atoms with Gasteiger partial charge in [0.15, 0.2) is 0 Å². The van der Waals surface area contributed by atoms with Gasteiger partial charge in [-0.15, -0.1) is 0 Å². The first-order valence-corrected chi connectivity index (χ1v) is 3.08. The third-order valence-electron chi connectivity index (χ3n) is 1.12. The maximum absolute atomic E-state index is 10.3. The molecule has 0 spiro atoms. The molecular weight excluding hydrogens is 142 g/mol. The number of benzene rings is 1. The van der Waals surface area contributed by atoms with Crippen molar-refractivity contribution in [2.75, 3.05) is 0 Å². The number of carbonyl (C=O) groups excluding carboxylic acids is 1. The fraction of sp³-hybridized carbons (Fsp3) is 0. The molecule has 57 valence electrons. The van der Waals surface area contributed by atoms with Crippen molar-refractivity contribution >= 4 is 6.09 Å². The zero-order valence-electron chi connectivity index (χ0n) is 5.91. The summed E-state index contributed by atoms with van der Waals surface area (Å²) in [5.74, 6) is 0.421. The lowest BCUT2D eigenvalue weighted by Gasteiger charge is -1.99. The number of nitrogens with two attached hydrogens (primary N) is 1. The van der Waals surface area contributed by atoms with Gasteiger partial charge in [-0.3, -0.25) is 0 Å². The minimum atomic E-state index is -0.810. The number of carbonyl (C=O) groups is 1. The van der Waals surface area contributed by atoms with Crippen LogP contribution in [0.3, 0.4) is 0 Å². The first-order chi connectivity index (χ1) is 5.18. The quantitative estimate of drug-likeness (QED) is 0.656. The maximum Gasteiger partial charge on any atom is 0.409 e. The zero-order valence-corrected chi connectivity index (χ0v) is 5.91. The SMILES string of the molecule is [CH2]c1cccc(OC(N)=O)c1. The lowest BCUT2D eigenvalue weighted by atomic mass is 10.2. The van der Waals surface area contributed by atoms with Gasteiger partial charge < -0.3 is 10.5 Å². The highest BCUT2D eigenvalue weighted by atomic mass is 16.5. The molecule has 0 aliphatic heterocycles. The van der Waals surface area contributed by atoms with Crippen LogP contribution in [0.5, 0.6) is 5.75 Å². The van der Waals surface area contributed by atoms with Crippen LogP contribution in [-0.2, 0) is 0 Å². The lowest BCUT2D eigenvalue weighted by Crippen LogP contribution is -2.16. The highest BCUT2D eigenvalue weighted by Crippen LogP contribution is 2.11. The molecule has 0 saturated carbocycles. The Morgan fingerprint density at radius 2 is 2.27 bits per heavy atom. The van der Waals surface area contributed by atoms with Crippen molar-refractivity contribution in [2.45, 2.75) is 0 Å². The Morgan fingerprint density at radius 1 is 1.55 bits per heavy atom. The number of hydrogen-bond acceptors (Lipinski definition) is 2. The molecule has 0 atom stereocenters. The van der Waals surface area contributed by atoms with E-state index in [1.54, 1.807) is 24.3 Å². The summed E-state index contributed by atoms with van der Waals surface area (Å²) in [4.78, 5) is 10.3. The molecule has 0 unspecified atom stereocenters. The molecule has 0 fully saturated rings. The van der Waals surface area contributed by atoms with Crippen molar-refractivity contribution in [1.82, 2.24) is 0 Å². The van der Waals surface area contributed by atoms with E-state index in [1.165, 1.54) is 0 Å². The van der Waals surface area contributed by atoms with Gasteiger partial charge in [0.25, 0.3) is 0 Å². The van der Waals surface area contributed by atoms with Crippen LogP contribution in [0.25, 0.3) is 0 Å². The van der Waals surface area contributed by atoms with E-state index in [9.17, 15) is 4.79 Å². The first kappa shape index (κ1) is 7.60. The van der Waals surface area contributed by atoms with Crippen LogP contribution in [0.1, 0.15) is 5.56 Å². The second-order valence-electron chi connectivity index (χ2n) is 2.07. The minimum absolute atomic E-state index is 0.421. The number of rotatable bonds is 1. The van der Waals surface area contributed by atoms with E-state index in [0.29, 0.717) is 5.75 Å². The third kappa shape index (κ3) is 2.29. The molecule has 3 nitrogen and oxygen atoms in total.